The van der Waals surface area contributed by atoms with Crippen LogP contribution in [0.1, 0.15) is 37.2 Å². The fraction of sp³-hybridized carbons (Fsp3) is 0.308. The van der Waals surface area contributed by atoms with Gasteiger partial charge in [0.25, 0.3) is 0 Å². The molecule has 0 atom stereocenters. The number of sulfone groups is 1. The van der Waals surface area contributed by atoms with Crippen molar-refractivity contribution in [3.8, 4) is 22.3 Å². The van der Waals surface area contributed by atoms with Crippen LogP contribution in [0.5, 0.6) is 0 Å². The Kier molecular flexibility index (Phi) is 5.03. The van der Waals surface area contributed by atoms with Crippen molar-refractivity contribution in [3.05, 3.63) is 72.7 Å². The van der Waals surface area contributed by atoms with Gasteiger partial charge in [0.05, 0.1) is 16.3 Å². The third-order valence-corrected chi connectivity index (χ3v) is 9.11. The summed E-state index contributed by atoms with van der Waals surface area (Å²) in [6.07, 6.45) is 9.49. The first kappa shape index (κ1) is 20.6. The Hall–Kier alpha value is -3.03. The molecule has 1 N–H and O–H groups in total. The first-order valence-electron chi connectivity index (χ1n) is 11.6. The van der Waals surface area contributed by atoms with Gasteiger partial charge in [-0.2, -0.15) is 5.10 Å². The smallest absolute Gasteiger partial charge is 0.181 e. The van der Waals surface area contributed by atoms with E-state index < -0.39 is 9.84 Å². The highest BCUT2D eigenvalue weighted by Crippen LogP contribution is 2.35. The highest BCUT2D eigenvalue weighted by Gasteiger charge is 2.37. The highest BCUT2D eigenvalue weighted by molar-refractivity contribution is 7.92. The molecule has 33 heavy (non-hydrogen) atoms. The molecule has 2 aliphatic rings. The van der Waals surface area contributed by atoms with Crippen LogP contribution in [0.4, 0.5) is 0 Å². The van der Waals surface area contributed by atoms with Crippen molar-refractivity contribution >= 4 is 15.5 Å². The van der Waals surface area contributed by atoms with E-state index in [1.807, 2.05) is 18.5 Å². The van der Waals surface area contributed by atoms with Gasteiger partial charge in [-0.1, -0.05) is 36.4 Å². The molecule has 7 heteroatoms. The van der Waals surface area contributed by atoms with Gasteiger partial charge in [0.1, 0.15) is 0 Å². The number of nitrogens with one attached hydrogen (secondary N) is 1. The quantitative estimate of drug-likeness (QED) is 0.478. The molecule has 0 unspecified atom stereocenters. The number of fused-ring (bicyclic) bond motifs is 1. The molecule has 3 heterocycles. The second kappa shape index (κ2) is 8.08. The van der Waals surface area contributed by atoms with Gasteiger partial charge in [-0.15, -0.1) is 0 Å². The van der Waals surface area contributed by atoms with Gasteiger partial charge in [0.2, 0.25) is 0 Å². The molecule has 6 nitrogen and oxygen atoms in total. The van der Waals surface area contributed by atoms with E-state index in [4.69, 9.17) is 0 Å². The van der Waals surface area contributed by atoms with E-state index in [0.717, 1.165) is 48.2 Å². The first-order chi connectivity index (χ1) is 16.1. The topological polar surface area (TPSA) is 76.4 Å². The van der Waals surface area contributed by atoms with Crippen molar-refractivity contribution in [2.45, 2.75) is 41.7 Å². The molecule has 1 aliphatic heterocycles. The number of aromatic nitrogens is 3. The molecule has 168 valence electrons. The van der Waals surface area contributed by atoms with Crippen LogP contribution in [0.25, 0.3) is 27.9 Å². The molecule has 0 radical (unpaired) electrons. The van der Waals surface area contributed by atoms with E-state index >= 15 is 0 Å². The van der Waals surface area contributed by atoms with Crippen molar-refractivity contribution in [2.24, 2.45) is 0 Å². The van der Waals surface area contributed by atoms with Gasteiger partial charge in [-0.05, 0) is 73.5 Å². The fourth-order valence-corrected chi connectivity index (χ4v) is 6.44. The Morgan fingerprint density at radius 3 is 2.42 bits per heavy atom. The predicted molar refractivity (Wildman–Crippen MR) is 129 cm³/mol. The van der Waals surface area contributed by atoms with Crippen molar-refractivity contribution in [3.63, 3.8) is 0 Å². The maximum atomic E-state index is 12.7. The minimum Gasteiger partial charge on any atom is -0.317 e. The number of piperidine rings is 1. The van der Waals surface area contributed by atoms with E-state index in [9.17, 15) is 8.42 Å². The Bertz CT molecular complexity index is 1420. The zero-order chi connectivity index (χ0) is 22.4. The number of hydrogen-bond donors (Lipinski definition) is 1. The summed E-state index contributed by atoms with van der Waals surface area (Å²) in [5.74, 6) is 0.633. The number of rotatable bonds is 5. The van der Waals surface area contributed by atoms with Gasteiger partial charge in [-0.3, -0.25) is 0 Å². The van der Waals surface area contributed by atoms with Gasteiger partial charge in [-0.25, -0.2) is 17.9 Å². The first-order valence-corrected chi connectivity index (χ1v) is 13.1. The highest BCUT2D eigenvalue weighted by atomic mass is 32.2. The minimum atomic E-state index is -3.24. The molecule has 2 aromatic heterocycles. The van der Waals surface area contributed by atoms with Crippen LogP contribution >= 0.6 is 0 Å². The average molecular weight is 459 g/mol. The number of benzene rings is 2. The SMILES string of the molecule is O=S(=O)(c1cccc(-c2cnn3cc(-c4ccc(C5CCNCC5)cc4)cnc23)c1)C1CC1. The second-order valence-corrected chi connectivity index (χ2v) is 11.3. The molecular weight excluding hydrogens is 432 g/mol. The lowest BCUT2D eigenvalue weighted by Crippen LogP contribution is -2.26. The normalized spacial score (nSPS) is 17.5. The minimum absolute atomic E-state index is 0.224. The van der Waals surface area contributed by atoms with Crippen LogP contribution in [-0.4, -0.2) is 41.4 Å². The summed E-state index contributed by atoms with van der Waals surface area (Å²) in [4.78, 5) is 5.07. The maximum absolute atomic E-state index is 12.7. The van der Waals surface area contributed by atoms with Crippen LogP contribution in [0.15, 0.2) is 72.0 Å². The van der Waals surface area contributed by atoms with E-state index in [0.29, 0.717) is 16.5 Å². The van der Waals surface area contributed by atoms with Crippen molar-refractivity contribution in [2.75, 3.05) is 13.1 Å². The molecule has 1 aliphatic carbocycles. The summed E-state index contributed by atoms with van der Waals surface area (Å²) < 4.78 is 27.1. The Labute approximate surface area is 193 Å². The molecule has 1 saturated heterocycles. The van der Waals surface area contributed by atoms with Crippen molar-refractivity contribution in [1.82, 2.24) is 19.9 Å². The molecule has 1 saturated carbocycles. The van der Waals surface area contributed by atoms with Crippen LogP contribution < -0.4 is 5.32 Å². The monoisotopic (exact) mass is 458 g/mol. The summed E-state index contributed by atoms with van der Waals surface area (Å²) in [5.41, 5.74) is 5.87. The summed E-state index contributed by atoms with van der Waals surface area (Å²) in [6, 6.07) is 15.9. The molecule has 2 fully saturated rings. The molecule has 2 aromatic carbocycles. The maximum Gasteiger partial charge on any atom is 0.181 e. The standard InChI is InChI=1S/C26H26N4O2S/c31-33(32,23-8-9-23)24-3-1-2-21(14-24)25-16-29-30-17-22(15-28-26(25)30)19-6-4-18(5-7-19)20-10-12-27-13-11-20/h1-7,14-17,20,23,27H,8-13H2. The zero-order valence-corrected chi connectivity index (χ0v) is 19.1. The van der Waals surface area contributed by atoms with Gasteiger partial charge >= 0.3 is 0 Å². The lowest BCUT2D eigenvalue weighted by atomic mass is 9.89. The predicted octanol–water partition coefficient (Wildman–Crippen LogP) is 4.47. The third kappa shape index (κ3) is 3.85. The zero-order valence-electron chi connectivity index (χ0n) is 18.3. The molecule has 0 amide bonds. The van der Waals surface area contributed by atoms with E-state index in [-0.39, 0.29) is 5.25 Å². The summed E-state index contributed by atoms with van der Waals surface area (Å²) in [7, 11) is -3.24. The fourth-order valence-electron chi connectivity index (χ4n) is 4.74. The Morgan fingerprint density at radius 2 is 1.67 bits per heavy atom. The van der Waals surface area contributed by atoms with E-state index in [1.54, 1.807) is 28.9 Å². The molecular formula is C26H26N4O2S. The number of nitrogens with zero attached hydrogens (tertiary/aromatic N) is 3. The third-order valence-electron chi connectivity index (χ3n) is 6.85. The van der Waals surface area contributed by atoms with Crippen molar-refractivity contribution < 1.29 is 8.42 Å². The largest absolute Gasteiger partial charge is 0.317 e. The lowest BCUT2D eigenvalue weighted by Gasteiger charge is -2.23. The second-order valence-electron chi connectivity index (χ2n) is 9.09. The molecule has 0 spiro atoms. The summed E-state index contributed by atoms with van der Waals surface area (Å²) in [5, 5.41) is 7.71. The average Bonchev–Trinajstić information content (AvgIpc) is 3.65. The summed E-state index contributed by atoms with van der Waals surface area (Å²) in [6.45, 7) is 2.17. The molecule has 4 aromatic rings. The van der Waals surface area contributed by atoms with E-state index in [1.165, 1.54) is 18.4 Å². The van der Waals surface area contributed by atoms with Crippen LogP contribution in [0, 0.1) is 0 Å². The summed E-state index contributed by atoms with van der Waals surface area (Å²) >= 11 is 0. The van der Waals surface area contributed by atoms with Crippen molar-refractivity contribution in [1.29, 1.82) is 0 Å². The van der Waals surface area contributed by atoms with Gasteiger partial charge in [0.15, 0.2) is 15.5 Å². The Morgan fingerprint density at radius 1 is 0.879 bits per heavy atom. The van der Waals surface area contributed by atoms with Crippen LogP contribution in [-0.2, 0) is 9.84 Å². The molecule has 0 bridgehead atoms. The van der Waals surface area contributed by atoms with E-state index in [2.05, 4.69) is 39.7 Å². The van der Waals surface area contributed by atoms with Crippen LogP contribution in [0.3, 0.4) is 0 Å². The molecule has 6 rings (SSSR count). The van der Waals surface area contributed by atoms with Gasteiger partial charge < -0.3 is 5.32 Å². The lowest BCUT2D eigenvalue weighted by molar-refractivity contribution is 0.460. The van der Waals surface area contributed by atoms with Gasteiger partial charge in [0, 0.05) is 23.5 Å². The Balaban J connectivity index is 1.30. The van der Waals surface area contributed by atoms with Crippen LogP contribution in [0.2, 0.25) is 0 Å². The number of hydrogen-bond acceptors (Lipinski definition) is 5.